The van der Waals surface area contributed by atoms with E-state index in [-0.39, 0.29) is 0 Å². The molecule has 0 radical (unpaired) electrons. The summed E-state index contributed by atoms with van der Waals surface area (Å²) >= 11 is 2.09. The molecule has 1 nitrogen and oxygen atoms in total. The van der Waals surface area contributed by atoms with Crippen LogP contribution in [0, 0.1) is 0 Å². The van der Waals surface area contributed by atoms with Gasteiger partial charge in [0.25, 0.3) is 0 Å². The molecule has 0 atom stereocenters. The molecule has 0 amide bonds. The molecule has 0 spiro atoms. The smallest absolute Gasteiger partial charge is 0.00581 e. The third kappa shape index (κ3) is 12.3. The summed E-state index contributed by atoms with van der Waals surface area (Å²) in [5, 5.41) is 3.49. The summed E-state index contributed by atoms with van der Waals surface area (Å²) in [6.45, 7) is 6.92. The second kappa shape index (κ2) is 13.3. The van der Waals surface area contributed by atoms with E-state index in [1.54, 1.807) is 0 Å². The van der Waals surface area contributed by atoms with Crippen molar-refractivity contribution in [3.8, 4) is 0 Å². The van der Waals surface area contributed by atoms with Gasteiger partial charge in [0.1, 0.15) is 0 Å². The van der Waals surface area contributed by atoms with Crippen molar-refractivity contribution in [2.45, 2.75) is 52.4 Å². The molecule has 0 aliphatic rings. The second-order valence-electron chi connectivity index (χ2n) is 3.78. The quantitative estimate of drug-likeness (QED) is 0.530. The molecule has 0 aromatic carbocycles. The number of nitrogens with one attached hydrogen (secondary N) is 1. The number of unbranched alkanes of at least 4 members (excludes halogenated alkanes) is 4. The van der Waals surface area contributed by atoms with Crippen molar-refractivity contribution >= 4 is 11.8 Å². The molecule has 2 heteroatoms. The summed E-state index contributed by atoms with van der Waals surface area (Å²) < 4.78 is 0. The lowest BCUT2D eigenvalue weighted by Crippen LogP contribution is -2.18. The zero-order chi connectivity index (χ0) is 10.5. The van der Waals surface area contributed by atoms with Crippen LogP contribution in [0.5, 0.6) is 0 Å². The summed E-state index contributed by atoms with van der Waals surface area (Å²) in [5.41, 5.74) is 0. The maximum absolute atomic E-state index is 3.49. The van der Waals surface area contributed by atoms with Crippen molar-refractivity contribution in [2.75, 3.05) is 24.6 Å². The Labute approximate surface area is 94.4 Å². The van der Waals surface area contributed by atoms with Gasteiger partial charge in [-0.15, -0.1) is 0 Å². The molecular formula is C12H27NS. The molecule has 14 heavy (non-hydrogen) atoms. The highest BCUT2D eigenvalue weighted by Gasteiger charge is 1.90. The average molecular weight is 217 g/mol. The third-order valence-electron chi connectivity index (χ3n) is 2.27. The first-order chi connectivity index (χ1) is 6.91. The highest BCUT2D eigenvalue weighted by Crippen LogP contribution is 2.04. The Balaban J connectivity index is 2.78. The van der Waals surface area contributed by atoms with Crippen LogP contribution in [0.2, 0.25) is 0 Å². The fourth-order valence-electron chi connectivity index (χ4n) is 1.33. The molecule has 0 saturated heterocycles. The van der Waals surface area contributed by atoms with Crippen molar-refractivity contribution in [1.29, 1.82) is 0 Å². The van der Waals surface area contributed by atoms with Crippen molar-refractivity contribution in [2.24, 2.45) is 0 Å². The summed E-state index contributed by atoms with van der Waals surface area (Å²) in [6.07, 6.45) is 8.19. The summed E-state index contributed by atoms with van der Waals surface area (Å²) in [7, 11) is 0. The fraction of sp³-hybridized carbons (Fsp3) is 1.00. The summed E-state index contributed by atoms with van der Waals surface area (Å²) in [4.78, 5) is 0. The Hall–Kier alpha value is 0.310. The minimum absolute atomic E-state index is 1.19. The van der Waals surface area contributed by atoms with Gasteiger partial charge in [-0.05, 0) is 25.1 Å². The molecule has 0 saturated carbocycles. The molecule has 86 valence electrons. The number of hydrogen-bond donors (Lipinski definition) is 1. The van der Waals surface area contributed by atoms with Crippen LogP contribution in [0.25, 0.3) is 0 Å². The van der Waals surface area contributed by atoms with Crippen LogP contribution >= 0.6 is 11.8 Å². The van der Waals surface area contributed by atoms with Gasteiger partial charge in [-0.1, -0.05) is 39.5 Å². The number of thioether (sulfide) groups is 1. The van der Waals surface area contributed by atoms with Gasteiger partial charge in [0, 0.05) is 12.3 Å². The maximum Gasteiger partial charge on any atom is 0.00581 e. The van der Waals surface area contributed by atoms with Crippen molar-refractivity contribution < 1.29 is 0 Å². The molecule has 1 N–H and O–H groups in total. The van der Waals surface area contributed by atoms with E-state index in [0.29, 0.717) is 0 Å². The van der Waals surface area contributed by atoms with Gasteiger partial charge in [0.05, 0.1) is 0 Å². The van der Waals surface area contributed by atoms with Gasteiger partial charge in [-0.2, -0.15) is 11.8 Å². The molecule has 0 unspecified atom stereocenters. The zero-order valence-corrected chi connectivity index (χ0v) is 10.8. The van der Waals surface area contributed by atoms with Crippen LogP contribution in [-0.2, 0) is 0 Å². The van der Waals surface area contributed by atoms with E-state index < -0.39 is 0 Å². The predicted octanol–water partition coefficient (Wildman–Crippen LogP) is 3.69. The first kappa shape index (κ1) is 14.3. The number of hydrogen-bond acceptors (Lipinski definition) is 2. The van der Waals surface area contributed by atoms with Gasteiger partial charge in [-0.3, -0.25) is 0 Å². The molecule has 0 aliphatic carbocycles. The Morgan fingerprint density at radius 3 is 2.21 bits per heavy atom. The van der Waals surface area contributed by atoms with Gasteiger partial charge < -0.3 is 5.32 Å². The van der Waals surface area contributed by atoms with Gasteiger partial charge in [-0.25, -0.2) is 0 Å². The molecule has 0 aromatic rings. The van der Waals surface area contributed by atoms with E-state index in [0.717, 1.165) is 0 Å². The number of rotatable bonds is 11. The first-order valence-electron chi connectivity index (χ1n) is 6.20. The van der Waals surface area contributed by atoms with E-state index in [2.05, 4.69) is 30.9 Å². The van der Waals surface area contributed by atoms with Gasteiger partial charge in [0.15, 0.2) is 0 Å². The highest BCUT2D eigenvalue weighted by atomic mass is 32.2. The normalized spacial score (nSPS) is 10.7. The molecular weight excluding hydrogens is 190 g/mol. The Kier molecular flexibility index (Phi) is 13.6. The standard InChI is InChI=1S/C12H27NS/c1-3-5-7-9-13-10-12-14-11-8-6-4-2/h13H,3-12H2,1-2H3. The summed E-state index contributed by atoms with van der Waals surface area (Å²) in [5.74, 6) is 2.64. The maximum atomic E-state index is 3.49. The van der Waals surface area contributed by atoms with Crippen LogP contribution in [0.3, 0.4) is 0 Å². The van der Waals surface area contributed by atoms with Crippen LogP contribution < -0.4 is 5.32 Å². The van der Waals surface area contributed by atoms with Crippen LogP contribution in [-0.4, -0.2) is 24.6 Å². The van der Waals surface area contributed by atoms with Gasteiger partial charge in [0.2, 0.25) is 0 Å². The Morgan fingerprint density at radius 1 is 0.786 bits per heavy atom. The lowest BCUT2D eigenvalue weighted by Gasteiger charge is -2.03. The minimum atomic E-state index is 1.19. The minimum Gasteiger partial charge on any atom is -0.316 e. The van der Waals surface area contributed by atoms with E-state index in [1.807, 2.05) is 0 Å². The molecule has 0 rings (SSSR count). The van der Waals surface area contributed by atoms with Crippen molar-refractivity contribution in [3.05, 3.63) is 0 Å². The van der Waals surface area contributed by atoms with E-state index in [9.17, 15) is 0 Å². The monoisotopic (exact) mass is 217 g/mol. The SMILES string of the molecule is CCCCCNCCSCCCCC. The van der Waals surface area contributed by atoms with Crippen molar-refractivity contribution in [3.63, 3.8) is 0 Å². The average Bonchev–Trinajstić information content (AvgIpc) is 2.21. The third-order valence-corrected chi connectivity index (χ3v) is 3.34. The molecule has 0 heterocycles. The van der Waals surface area contributed by atoms with E-state index in [4.69, 9.17) is 0 Å². The summed E-state index contributed by atoms with van der Waals surface area (Å²) in [6, 6.07) is 0. The van der Waals surface area contributed by atoms with Crippen LogP contribution in [0.1, 0.15) is 52.4 Å². The zero-order valence-electron chi connectivity index (χ0n) is 9.98. The molecule has 0 aromatic heterocycles. The van der Waals surface area contributed by atoms with E-state index in [1.165, 1.54) is 63.1 Å². The second-order valence-corrected chi connectivity index (χ2v) is 5.00. The highest BCUT2D eigenvalue weighted by molar-refractivity contribution is 7.99. The van der Waals surface area contributed by atoms with E-state index >= 15 is 0 Å². The predicted molar refractivity (Wildman–Crippen MR) is 69.2 cm³/mol. The molecule has 0 fully saturated rings. The Morgan fingerprint density at radius 2 is 1.50 bits per heavy atom. The molecule has 0 bridgehead atoms. The lowest BCUT2D eigenvalue weighted by molar-refractivity contribution is 0.635. The lowest BCUT2D eigenvalue weighted by atomic mass is 10.2. The van der Waals surface area contributed by atoms with Crippen LogP contribution in [0.4, 0.5) is 0 Å². The topological polar surface area (TPSA) is 12.0 Å². The first-order valence-corrected chi connectivity index (χ1v) is 7.35. The molecule has 0 aliphatic heterocycles. The van der Waals surface area contributed by atoms with Crippen molar-refractivity contribution in [1.82, 2.24) is 5.32 Å². The largest absolute Gasteiger partial charge is 0.316 e. The Bertz CT molecular complexity index is 84.3. The fourth-order valence-corrected chi connectivity index (χ4v) is 2.23. The van der Waals surface area contributed by atoms with Gasteiger partial charge >= 0.3 is 0 Å². The van der Waals surface area contributed by atoms with Crippen LogP contribution in [0.15, 0.2) is 0 Å².